The minimum atomic E-state index is 0.0976. The van der Waals surface area contributed by atoms with Crippen LogP contribution < -0.4 is 5.32 Å². The average Bonchev–Trinajstić information content (AvgIpc) is 3.33. The first kappa shape index (κ1) is 18.5. The van der Waals surface area contributed by atoms with E-state index in [-0.39, 0.29) is 12.1 Å². The van der Waals surface area contributed by atoms with E-state index >= 15 is 0 Å². The zero-order valence-corrected chi connectivity index (χ0v) is 17.6. The van der Waals surface area contributed by atoms with Crippen LogP contribution in [0.3, 0.4) is 0 Å². The number of nitrogens with zero attached hydrogens (tertiary/aromatic N) is 3. The average molecular weight is 383 g/mol. The summed E-state index contributed by atoms with van der Waals surface area (Å²) in [5, 5.41) is 4.50. The van der Waals surface area contributed by atoms with E-state index in [1.54, 1.807) is 0 Å². The second-order valence-corrected chi connectivity index (χ2v) is 8.65. The summed E-state index contributed by atoms with van der Waals surface area (Å²) in [5.41, 5.74) is 5.13. The molecule has 3 heterocycles. The molecule has 0 aromatic carbocycles. The molecule has 2 aromatic heterocycles. The maximum Gasteiger partial charge on any atom is 0.170 e. The van der Waals surface area contributed by atoms with Crippen molar-refractivity contribution in [3.8, 4) is 0 Å². The number of rotatable bonds is 4. The summed E-state index contributed by atoms with van der Waals surface area (Å²) in [5.74, 6) is 0. The van der Waals surface area contributed by atoms with Gasteiger partial charge in [-0.15, -0.1) is 0 Å². The smallest absolute Gasteiger partial charge is 0.170 e. The molecule has 4 rings (SSSR count). The van der Waals surface area contributed by atoms with Crippen molar-refractivity contribution in [2.45, 2.75) is 77.5 Å². The van der Waals surface area contributed by atoms with Gasteiger partial charge in [0.2, 0.25) is 0 Å². The van der Waals surface area contributed by atoms with Crippen LogP contribution in [0.1, 0.15) is 80.3 Å². The molecule has 0 spiro atoms. The van der Waals surface area contributed by atoms with Crippen molar-refractivity contribution in [3.63, 3.8) is 0 Å². The van der Waals surface area contributed by atoms with Gasteiger partial charge < -0.3 is 14.8 Å². The number of thiocarbonyl (C=S) groups is 1. The Hall–Kier alpha value is -1.88. The number of hydrogen-bond acceptors (Lipinski definition) is 2. The Morgan fingerprint density at radius 1 is 1.19 bits per heavy atom. The topological polar surface area (TPSA) is 33.1 Å². The fraction of sp³-hybridized carbons (Fsp3) is 0.545. The van der Waals surface area contributed by atoms with Gasteiger partial charge in [0.25, 0.3) is 0 Å². The van der Waals surface area contributed by atoms with Crippen molar-refractivity contribution in [1.29, 1.82) is 0 Å². The third kappa shape index (κ3) is 3.16. The Kier molecular flexibility index (Phi) is 4.97. The normalized spacial score (nSPS) is 23.4. The van der Waals surface area contributed by atoms with Crippen LogP contribution in [-0.2, 0) is 0 Å². The molecular weight excluding hydrogens is 352 g/mol. The predicted molar refractivity (Wildman–Crippen MR) is 114 cm³/mol. The summed E-state index contributed by atoms with van der Waals surface area (Å²) in [6.07, 6.45) is 6.95. The molecule has 27 heavy (non-hydrogen) atoms. The first-order valence-corrected chi connectivity index (χ1v) is 10.6. The van der Waals surface area contributed by atoms with Crippen molar-refractivity contribution in [2.75, 3.05) is 0 Å². The molecule has 1 saturated carbocycles. The van der Waals surface area contributed by atoms with Gasteiger partial charge in [-0.25, -0.2) is 0 Å². The molecule has 2 fully saturated rings. The molecule has 0 amide bonds. The van der Waals surface area contributed by atoms with Crippen molar-refractivity contribution in [1.82, 2.24) is 19.8 Å². The summed E-state index contributed by atoms with van der Waals surface area (Å²) in [7, 11) is 0. The predicted octanol–water partition coefficient (Wildman–Crippen LogP) is 5.00. The van der Waals surface area contributed by atoms with Gasteiger partial charge in [0.1, 0.15) is 0 Å². The Balaban J connectivity index is 1.82. The van der Waals surface area contributed by atoms with Crippen LogP contribution in [-0.4, -0.2) is 25.6 Å². The third-order valence-electron chi connectivity index (χ3n) is 6.21. The molecule has 0 radical (unpaired) electrons. The molecule has 5 heteroatoms. The van der Waals surface area contributed by atoms with E-state index in [0.717, 1.165) is 10.8 Å². The molecule has 1 saturated heterocycles. The largest absolute Gasteiger partial charge is 0.352 e. The molecule has 2 aliphatic rings. The quantitative estimate of drug-likeness (QED) is 0.755. The maximum absolute atomic E-state index is 5.85. The van der Waals surface area contributed by atoms with Crippen LogP contribution in [0.25, 0.3) is 0 Å². The second-order valence-electron chi connectivity index (χ2n) is 8.26. The van der Waals surface area contributed by atoms with Gasteiger partial charge in [0.15, 0.2) is 5.11 Å². The SMILES string of the molecule is Cc1cc([C@@H]2[C@@H](c3ccccn3)NC(=S)N2C2CCCC2)c(C)n1C(C)C. The van der Waals surface area contributed by atoms with Gasteiger partial charge in [-0.2, -0.15) is 0 Å². The van der Waals surface area contributed by atoms with E-state index in [0.29, 0.717) is 12.1 Å². The summed E-state index contributed by atoms with van der Waals surface area (Å²) in [6.45, 7) is 8.98. The van der Waals surface area contributed by atoms with Crippen LogP contribution in [0.4, 0.5) is 0 Å². The molecule has 1 aliphatic heterocycles. The lowest BCUT2D eigenvalue weighted by atomic mass is 9.95. The van der Waals surface area contributed by atoms with Gasteiger partial charge in [0, 0.05) is 29.7 Å². The van der Waals surface area contributed by atoms with Gasteiger partial charge >= 0.3 is 0 Å². The Morgan fingerprint density at radius 3 is 2.52 bits per heavy atom. The highest BCUT2D eigenvalue weighted by Crippen LogP contribution is 2.44. The molecule has 1 aliphatic carbocycles. The maximum atomic E-state index is 5.85. The van der Waals surface area contributed by atoms with Gasteiger partial charge in [-0.3, -0.25) is 4.98 Å². The molecule has 2 atom stereocenters. The van der Waals surface area contributed by atoms with Crippen molar-refractivity contribution in [3.05, 3.63) is 53.1 Å². The second kappa shape index (κ2) is 7.27. The molecule has 0 unspecified atom stereocenters. The van der Waals surface area contributed by atoms with Crippen molar-refractivity contribution >= 4 is 17.3 Å². The number of nitrogens with one attached hydrogen (secondary N) is 1. The van der Waals surface area contributed by atoms with E-state index in [2.05, 4.69) is 65.7 Å². The highest BCUT2D eigenvalue weighted by molar-refractivity contribution is 7.80. The number of hydrogen-bond donors (Lipinski definition) is 1. The Morgan fingerprint density at radius 2 is 1.93 bits per heavy atom. The zero-order valence-electron chi connectivity index (χ0n) is 16.8. The number of aryl methyl sites for hydroxylation is 1. The fourth-order valence-electron chi connectivity index (χ4n) is 5.17. The summed E-state index contributed by atoms with van der Waals surface area (Å²) >= 11 is 5.85. The highest BCUT2D eigenvalue weighted by Gasteiger charge is 2.44. The van der Waals surface area contributed by atoms with Crippen LogP contribution in [0.5, 0.6) is 0 Å². The molecular formula is C22H30N4S. The van der Waals surface area contributed by atoms with Crippen LogP contribution in [0.15, 0.2) is 30.5 Å². The van der Waals surface area contributed by atoms with E-state index in [9.17, 15) is 0 Å². The van der Waals surface area contributed by atoms with Gasteiger partial charge in [-0.1, -0.05) is 18.9 Å². The minimum Gasteiger partial charge on any atom is -0.352 e. The van der Waals surface area contributed by atoms with E-state index in [4.69, 9.17) is 12.2 Å². The molecule has 4 nitrogen and oxygen atoms in total. The van der Waals surface area contributed by atoms with Crippen molar-refractivity contribution < 1.29 is 0 Å². The lowest BCUT2D eigenvalue weighted by Gasteiger charge is -2.33. The molecule has 2 aromatic rings. The summed E-state index contributed by atoms with van der Waals surface area (Å²) < 4.78 is 2.44. The lowest BCUT2D eigenvalue weighted by Crippen LogP contribution is -2.37. The first-order valence-electron chi connectivity index (χ1n) is 10.2. The molecule has 1 N–H and O–H groups in total. The van der Waals surface area contributed by atoms with Gasteiger partial charge in [-0.05, 0) is 76.5 Å². The standard InChI is InChI=1S/C22H30N4S/c1-14(2)25-15(3)13-18(16(25)4)21-20(19-11-7-8-12-23-19)24-22(27)26(21)17-9-5-6-10-17/h7-8,11-14,17,20-21H,5-6,9-10H2,1-4H3,(H,24,27)/t20-,21-/m1/s1. The zero-order chi connectivity index (χ0) is 19.1. The summed E-state index contributed by atoms with van der Waals surface area (Å²) in [6, 6.07) is 9.82. The molecule has 0 bridgehead atoms. The van der Waals surface area contributed by atoms with E-state index in [1.165, 1.54) is 42.6 Å². The van der Waals surface area contributed by atoms with E-state index in [1.807, 2.05) is 12.3 Å². The summed E-state index contributed by atoms with van der Waals surface area (Å²) in [4.78, 5) is 7.16. The van der Waals surface area contributed by atoms with Crippen LogP contribution in [0, 0.1) is 13.8 Å². The van der Waals surface area contributed by atoms with Crippen LogP contribution in [0.2, 0.25) is 0 Å². The van der Waals surface area contributed by atoms with Crippen LogP contribution >= 0.6 is 12.2 Å². The van der Waals surface area contributed by atoms with Crippen molar-refractivity contribution in [2.24, 2.45) is 0 Å². The Labute approximate surface area is 168 Å². The Bertz CT molecular complexity index is 820. The van der Waals surface area contributed by atoms with Gasteiger partial charge in [0.05, 0.1) is 17.8 Å². The highest BCUT2D eigenvalue weighted by atomic mass is 32.1. The van der Waals surface area contributed by atoms with E-state index < -0.39 is 0 Å². The number of pyridine rings is 1. The lowest BCUT2D eigenvalue weighted by molar-refractivity contribution is 0.244. The minimum absolute atomic E-state index is 0.0976. The number of aromatic nitrogens is 2. The third-order valence-corrected chi connectivity index (χ3v) is 6.54. The molecule has 144 valence electrons. The fourth-order valence-corrected chi connectivity index (χ4v) is 5.56. The monoisotopic (exact) mass is 382 g/mol. The first-order chi connectivity index (χ1) is 13.0.